The van der Waals surface area contributed by atoms with Crippen LogP contribution in [0.3, 0.4) is 0 Å². The zero-order valence-electron chi connectivity index (χ0n) is 16.3. The number of esters is 1. The Labute approximate surface area is 148 Å². The molecular weight excluding hydrogens is 330 g/mol. The second kappa shape index (κ2) is 10.4. The summed E-state index contributed by atoms with van der Waals surface area (Å²) in [5.41, 5.74) is -0.311. The number of methoxy groups -OCH3 is 1. The van der Waals surface area contributed by atoms with Crippen LogP contribution in [0.15, 0.2) is 0 Å². The molecule has 0 spiro atoms. The highest BCUT2D eigenvalue weighted by Crippen LogP contribution is 2.43. The summed E-state index contributed by atoms with van der Waals surface area (Å²) in [4.78, 5) is 10.8. The summed E-state index contributed by atoms with van der Waals surface area (Å²) >= 11 is 0. The van der Waals surface area contributed by atoms with Gasteiger partial charge in [-0.25, -0.2) is 0 Å². The SMILES string of the molecule is C1CC2CCC1C2.CCC(C)(C)C(=O)OC.COS(=O)(=O)N(C)C. The van der Waals surface area contributed by atoms with Crippen molar-refractivity contribution in [3.63, 3.8) is 0 Å². The maximum Gasteiger partial charge on any atom is 0.337 e. The fourth-order valence-electron chi connectivity index (χ4n) is 2.74. The average Bonchev–Trinajstić information content (AvgIpc) is 3.20. The van der Waals surface area contributed by atoms with E-state index in [0.717, 1.165) is 17.8 Å². The van der Waals surface area contributed by atoms with E-state index in [0.29, 0.717) is 0 Å². The molecular formula is C17H35NO5S. The standard InChI is InChI=1S/C7H14O2.C7H12.C3H9NO3S/c1-5-7(2,3)6(8)9-4;1-2-7-4-3-6(1)5-7;1-4(2)8(5,6)7-3/h5H2,1-4H3;6-7H,1-5H2;1-3H3. The summed E-state index contributed by atoms with van der Waals surface area (Å²) in [6.45, 7) is 5.72. The van der Waals surface area contributed by atoms with E-state index in [2.05, 4.69) is 8.92 Å². The number of hydrogen-bond acceptors (Lipinski definition) is 5. The van der Waals surface area contributed by atoms with Gasteiger partial charge < -0.3 is 4.74 Å². The van der Waals surface area contributed by atoms with Crippen LogP contribution in [0.25, 0.3) is 0 Å². The Hall–Kier alpha value is -0.660. The molecule has 2 aliphatic carbocycles. The van der Waals surface area contributed by atoms with Gasteiger partial charge in [-0.15, -0.1) is 0 Å². The molecule has 2 saturated carbocycles. The molecule has 7 heteroatoms. The van der Waals surface area contributed by atoms with Crippen molar-refractivity contribution in [3.05, 3.63) is 0 Å². The zero-order valence-corrected chi connectivity index (χ0v) is 17.1. The molecule has 0 heterocycles. The predicted octanol–water partition coefficient (Wildman–Crippen LogP) is 3.23. The van der Waals surface area contributed by atoms with Gasteiger partial charge in [0.25, 0.3) is 0 Å². The number of ether oxygens (including phenoxy) is 1. The van der Waals surface area contributed by atoms with Crippen LogP contribution in [-0.4, -0.2) is 47.0 Å². The summed E-state index contributed by atoms with van der Waals surface area (Å²) in [5, 5.41) is 0. The van der Waals surface area contributed by atoms with Gasteiger partial charge >= 0.3 is 16.3 Å². The highest BCUT2D eigenvalue weighted by molar-refractivity contribution is 7.84. The molecule has 0 unspecified atom stereocenters. The van der Waals surface area contributed by atoms with E-state index in [1.165, 1.54) is 33.0 Å². The van der Waals surface area contributed by atoms with Crippen LogP contribution in [0, 0.1) is 17.3 Å². The van der Waals surface area contributed by atoms with Gasteiger partial charge in [0.1, 0.15) is 0 Å². The molecule has 2 bridgehead atoms. The minimum absolute atomic E-state index is 0.134. The highest BCUT2D eigenvalue weighted by Gasteiger charge is 2.30. The molecule has 2 aliphatic rings. The van der Waals surface area contributed by atoms with Crippen LogP contribution < -0.4 is 0 Å². The molecule has 0 aromatic heterocycles. The van der Waals surface area contributed by atoms with E-state index in [4.69, 9.17) is 0 Å². The maximum atomic E-state index is 10.8. The molecule has 24 heavy (non-hydrogen) atoms. The molecule has 0 aliphatic heterocycles. The largest absolute Gasteiger partial charge is 0.469 e. The minimum atomic E-state index is -3.40. The minimum Gasteiger partial charge on any atom is -0.469 e. The van der Waals surface area contributed by atoms with Crippen molar-refractivity contribution in [1.29, 1.82) is 0 Å². The summed E-state index contributed by atoms with van der Waals surface area (Å²) in [7, 11) is 1.94. The average molecular weight is 366 g/mol. The lowest BCUT2D eigenvalue weighted by Gasteiger charge is -2.17. The van der Waals surface area contributed by atoms with Crippen molar-refractivity contribution in [2.24, 2.45) is 17.3 Å². The fourth-order valence-corrected chi connectivity index (χ4v) is 3.04. The molecule has 2 fully saturated rings. The van der Waals surface area contributed by atoms with Crippen molar-refractivity contribution >= 4 is 16.3 Å². The van der Waals surface area contributed by atoms with Crippen LogP contribution in [0.4, 0.5) is 0 Å². The monoisotopic (exact) mass is 365 g/mol. The lowest BCUT2D eigenvalue weighted by molar-refractivity contribution is -0.150. The lowest BCUT2D eigenvalue weighted by atomic mass is 9.91. The van der Waals surface area contributed by atoms with Crippen LogP contribution in [-0.2, 0) is 24.0 Å². The molecule has 0 aromatic carbocycles. The van der Waals surface area contributed by atoms with E-state index < -0.39 is 10.3 Å². The zero-order chi connectivity index (χ0) is 19.0. The molecule has 0 saturated heterocycles. The Balaban J connectivity index is 0.000000332. The first-order valence-electron chi connectivity index (χ1n) is 8.56. The van der Waals surface area contributed by atoms with Crippen LogP contribution in [0.1, 0.15) is 59.3 Å². The van der Waals surface area contributed by atoms with Gasteiger partial charge in [0, 0.05) is 14.1 Å². The van der Waals surface area contributed by atoms with E-state index in [1.54, 1.807) is 32.1 Å². The Morgan fingerprint density at radius 1 is 1.08 bits per heavy atom. The Morgan fingerprint density at radius 2 is 1.50 bits per heavy atom. The van der Waals surface area contributed by atoms with Gasteiger partial charge in [-0.2, -0.15) is 12.7 Å². The molecule has 0 amide bonds. The third-order valence-electron chi connectivity index (χ3n) is 4.91. The van der Waals surface area contributed by atoms with E-state index in [1.807, 2.05) is 20.8 Å². The van der Waals surface area contributed by atoms with Crippen molar-refractivity contribution in [3.8, 4) is 0 Å². The van der Waals surface area contributed by atoms with Gasteiger partial charge in [0.15, 0.2) is 0 Å². The first kappa shape index (κ1) is 23.3. The Kier molecular flexibility index (Phi) is 10.1. The van der Waals surface area contributed by atoms with E-state index in [-0.39, 0.29) is 11.4 Å². The second-order valence-electron chi connectivity index (χ2n) is 7.26. The van der Waals surface area contributed by atoms with Crippen molar-refractivity contribution < 1.29 is 22.1 Å². The topological polar surface area (TPSA) is 72.9 Å². The van der Waals surface area contributed by atoms with Crippen molar-refractivity contribution in [2.45, 2.75) is 59.3 Å². The van der Waals surface area contributed by atoms with Crippen molar-refractivity contribution in [1.82, 2.24) is 4.31 Å². The van der Waals surface area contributed by atoms with Gasteiger partial charge in [0.2, 0.25) is 0 Å². The molecule has 0 atom stereocenters. The van der Waals surface area contributed by atoms with E-state index >= 15 is 0 Å². The smallest absolute Gasteiger partial charge is 0.337 e. The molecule has 0 aromatic rings. The molecule has 0 radical (unpaired) electrons. The van der Waals surface area contributed by atoms with Crippen LogP contribution in [0.5, 0.6) is 0 Å². The second-order valence-corrected chi connectivity index (χ2v) is 9.18. The Morgan fingerprint density at radius 3 is 1.58 bits per heavy atom. The summed E-state index contributed by atoms with van der Waals surface area (Å²) in [5.74, 6) is 2.21. The summed E-state index contributed by atoms with van der Waals surface area (Å²) in [6.07, 6.45) is 8.64. The van der Waals surface area contributed by atoms with Crippen molar-refractivity contribution in [2.75, 3.05) is 28.3 Å². The molecule has 144 valence electrons. The van der Waals surface area contributed by atoms with Gasteiger partial charge in [-0.05, 0) is 38.5 Å². The normalized spacial score (nSPS) is 22.3. The number of fused-ring (bicyclic) bond motifs is 2. The van der Waals surface area contributed by atoms with Crippen LogP contribution >= 0.6 is 0 Å². The van der Waals surface area contributed by atoms with Gasteiger partial charge in [-0.1, -0.05) is 32.6 Å². The number of carbonyl (C=O) groups is 1. The maximum absolute atomic E-state index is 10.8. The molecule has 6 nitrogen and oxygen atoms in total. The lowest BCUT2D eigenvalue weighted by Crippen LogP contribution is -2.24. The predicted molar refractivity (Wildman–Crippen MR) is 95.8 cm³/mol. The summed E-state index contributed by atoms with van der Waals surface area (Å²) in [6, 6.07) is 0. The van der Waals surface area contributed by atoms with Gasteiger partial charge in [-0.3, -0.25) is 8.98 Å². The quantitative estimate of drug-likeness (QED) is 0.715. The third kappa shape index (κ3) is 7.94. The Bertz CT molecular complexity index is 455. The number of rotatable bonds is 4. The number of carbonyl (C=O) groups excluding carboxylic acids is 1. The van der Waals surface area contributed by atoms with Crippen LogP contribution in [0.2, 0.25) is 0 Å². The summed E-state index contributed by atoms with van der Waals surface area (Å²) < 4.78 is 30.5. The molecule has 0 N–H and O–H groups in total. The number of hydrogen-bond donors (Lipinski definition) is 0. The first-order chi connectivity index (χ1) is 11.0. The van der Waals surface area contributed by atoms with E-state index in [9.17, 15) is 13.2 Å². The third-order valence-corrected chi connectivity index (χ3v) is 6.23. The molecule has 2 rings (SSSR count). The number of nitrogens with zero attached hydrogens (tertiary/aromatic N) is 1. The first-order valence-corrected chi connectivity index (χ1v) is 9.93. The fraction of sp³-hybridized carbons (Fsp3) is 0.941. The highest BCUT2D eigenvalue weighted by atomic mass is 32.2. The van der Waals surface area contributed by atoms with Gasteiger partial charge in [0.05, 0.1) is 19.6 Å².